The molecule has 106 valence electrons. The van der Waals surface area contributed by atoms with Crippen LogP contribution in [0.2, 0.25) is 0 Å². The van der Waals surface area contributed by atoms with Gasteiger partial charge in [-0.1, -0.05) is 35.6 Å². The number of nitrogens with two attached hydrogens (primary N) is 1. The average molecular weight is 282 g/mol. The Kier molecular flexibility index (Phi) is 4.70. The van der Waals surface area contributed by atoms with Crippen molar-refractivity contribution < 1.29 is 9.18 Å². The van der Waals surface area contributed by atoms with Gasteiger partial charge in [-0.3, -0.25) is 4.79 Å². The molecular weight excluding hydrogens is 267 g/mol. The van der Waals surface area contributed by atoms with E-state index in [9.17, 15) is 9.18 Å². The zero-order valence-corrected chi connectivity index (χ0v) is 11.6. The van der Waals surface area contributed by atoms with Gasteiger partial charge in [0.25, 0.3) is 5.91 Å². The summed E-state index contributed by atoms with van der Waals surface area (Å²) in [4.78, 5) is 12.3. The molecule has 0 aromatic heterocycles. The molecule has 0 saturated heterocycles. The third-order valence-electron chi connectivity index (χ3n) is 2.87. The number of carbonyl (C=O) groups excluding carboxylic acids is 1. The average Bonchev–Trinajstić information content (AvgIpc) is 2.48. The first-order chi connectivity index (χ1) is 10.1. The molecule has 0 unspecified atom stereocenters. The molecule has 0 saturated carbocycles. The van der Waals surface area contributed by atoms with Gasteiger partial charge >= 0.3 is 0 Å². The molecule has 0 radical (unpaired) electrons. The van der Waals surface area contributed by atoms with E-state index in [4.69, 9.17) is 5.73 Å². The number of halogens is 1. The number of para-hydroxylation sites is 1. The van der Waals surface area contributed by atoms with Gasteiger partial charge in [0.15, 0.2) is 0 Å². The molecule has 0 aliphatic heterocycles. The van der Waals surface area contributed by atoms with Crippen molar-refractivity contribution in [3.8, 4) is 11.8 Å². The van der Waals surface area contributed by atoms with Gasteiger partial charge in [0, 0.05) is 5.56 Å². The molecule has 21 heavy (non-hydrogen) atoms. The third-order valence-corrected chi connectivity index (χ3v) is 2.87. The number of amides is 1. The third kappa shape index (κ3) is 3.68. The molecule has 1 amide bonds. The molecule has 2 aromatic rings. The zero-order valence-electron chi connectivity index (χ0n) is 11.6. The van der Waals surface area contributed by atoms with Gasteiger partial charge < -0.3 is 11.1 Å². The van der Waals surface area contributed by atoms with Crippen LogP contribution in [-0.2, 0) is 0 Å². The van der Waals surface area contributed by atoms with Gasteiger partial charge in [-0.25, -0.2) is 4.39 Å². The number of aryl methyl sites for hydroxylation is 1. The van der Waals surface area contributed by atoms with Crippen LogP contribution < -0.4 is 11.1 Å². The highest BCUT2D eigenvalue weighted by atomic mass is 19.1. The molecule has 0 atom stereocenters. The number of anilines is 1. The van der Waals surface area contributed by atoms with Crippen molar-refractivity contribution >= 4 is 11.6 Å². The monoisotopic (exact) mass is 282 g/mol. The SMILES string of the molecule is Cc1ccc(C#CCN)c(C(=O)Nc2ccccc2F)c1. The molecule has 4 heteroatoms. The van der Waals surface area contributed by atoms with E-state index in [1.54, 1.807) is 24.3 Å². The first-order valence-electron chi connectivity index (χ1n) is 6.47. The number of nitrogens with one attached hydrogen (secondary N) is 1. The Hall–Kier alpha value is -2.64. The van der Waals surface area contributed by atoms with E-state index in [1.165, 1.54) is 12.1 Å². The van der Waals surface area contributed by atoms with Crippen LogP contribution in [0.3, 0.4) is 0 Å². The summed E-state index contributed by atoms with van der Waals surface area (Å²) >= 11 is 0. The Labute approximate surface area is 123 Å². The molecule has 2 rings (SSSR count). The van der Waals surface area contributed by atoms with Crippen LogP contribution in [0.4, 0.5) is 10.1 Å². The van der Waals surface area contributed by atoms with Crippen LogP contribution in [0.15, 0.2) is 42.5 Å². The Morgan fingerprint density at radius 1 is 1.29 bits per heavy atom. The van der Waals surface area contributed by atoms with E-state index < -0.39 is 11.7 Å². The summed E-state index contributed by atoms with van der Waals surface area (Å²) < 4.78 is 13.6. The molecule has 3 N–H and O–H groups in total. The molecular formula is C17H15FN2O. The fraction of sp³-hybridized carbons (Fsp3) is 0.118. The second-order valence-electron chi connectivity index (χ2n) is 4.49. The number of hydrogen-bond donors (Lipinski definition) is 2. The minimum absolute atomic E-state index is 0.141. The van der Waals surface area contributed by atoms with Gasteiger partial charge in [-0.2, -0.15) is 0 Å². The van der Waals surface area contributed by atoms with Crippen LogP contribution in [0.1, 0.15) is 21.5 Å². The maximum Gasteiger partial charge on any atom is 0.257 e. The predicted octanol–water partition coefficient (Wildman–Crippen LogP) is 2.70. The van der Waals surface area contributed by atoms with Crippen molar-refractivity contribution in [3.05, 3.63) is 65.0 Å². The molecule has 2 aromatic carbocycles. The van der Waals surface area contributed by atoms with E-state index in [0.29, 0.717) is 11.1 Å². The van der Waals surface area contributed by atoms with Crippen LogP contribution in [0.5, 0.6) is 0 Å². The minimum Gasteiger partial charge on any atom is -0.320 e. The number of carbonyl (C=O) groups is 1. The standard InChI is InChI=1S/C17H15FN2O/c1-12-8-9-13(5-4-10-19)14(11-12)17(21)20-16-7-3-2-6-15(16)18/h2-3,6-9,11H,10,19H2,1H3,(H,20,21). The molecule has 0 aliphatic carbocycles. The van der Waals surface area contributed by atoms with E-state index in [1.807, 2.05) is 13.0 Å². The van der Waals surface area contributed by atoms with Crippen LogP contribution in [-0.4, -0.2) is 12.5 Å². The quantitative estimate of drug-likeness (QED) is 0.832. The van der Waals surface area contributed by atoms with Crippen LogP contribution in [0.25, 0.3) is 0 Å². The summed E-state index contributed by atoms with van der Waals surface area (Å²) in [7, 11) is 0. The zero-order chi connectivity index (χ0) is 15.2. The van der Waals surface area contributed by atoms with Crippen molar-refractivity contribution in [2.24, 2.45) is 5.73 Å². The summed E-state index contributed by atoms with van der Waals surface area (Å²) in [5.74, 6) is 4.69. The summed E-state index contributed by atoms with van der Waals surface area (Å²) in [6, 6.07) is 11.4. The van der Waals surface area contributed by atoms with Crippen molar-refractivity contribution in [1.29, 1.82) is 0 Å². The Bertz CT molecular complexity index is 729. The Morgan fingerprint density at radius 3 is 2.76 bits per heavy atom. The van der Waals surface area contributed by atoms with E-state index in [-0.39, 0.29) is 12.2 Å². The fourth-order valence-corrected chi connectivity index (χ4v) is 1.85. The Morgan fingerprint density at radius 2 is 2.05 bits per heavy atom. The number of rotatable bonds is 2. The van der Waals surface area contributed by atoms with E-state index in [2.05, 4.69) is 17.2 Å². The predicted molar refractivity (Wildman–Crippen MR) is 81.5 cm³/mol. The molecule has 3 nitrogen and oxygen atoms in total. The van der Waals surface area contributed by atoms with Crippen molar-refractivity contribution in [1.82, 2.24) is 0 Å². The lowest BCUT2D eigenvalue weighted by Crippen LogP contribution is -2.14. The van der Waals surface area contributed by atoms with E-state index in [0.717, 1.165) is 5.56 Å². The molecule has 0 aliphatic rings. The summed E-state index contributed by atoms with van der Waals surface area (Å²) in [6.45, 7) is 2.09. The summed E-state index contributed by atoms with van der Waals surface area (Å²) in [5.41, 5.74) is 7.39. The van der Waals surface area contributed by atoms with Gasteiger partial charge in [-0.05, 0) is 31.2 Å². The van der Waals surface area contributed by atoms with Gasteiger partial charge in [0.1, 0.15) is 5.82 Å². The number of benzene rings is 2. The normalized spacial score (nSPS) is 9.67. The van der Waals surface area contributed by atoms with Crippen molar-refractivity contribution in [3.63, 3.8) is 0 Å². The first kappa shape index (κ1) is 14.8. The van der Waals surface area contributed by atoms with Crippen molar-refractivity contribution in [2.45, 2.75) is 6.92 Å². The highest BCUT2D eigenvalue weighted by Gasteiger charge is 2.12. The maximum absolute atomic E-state index is 13.6. The molecule has 0 bridgehead atoms. The largest absolute Gasteiger partial charge is 0.320 e. The summed E-state index contributed by atoms with van der Waals surface area (Å²) in [5, 5.41) is 2.56. The minimum atomic E-state index is -0.479. The fourth-order valence-electron chi connectivity index (χ4n) is 1.85. The smallest absolute Gasteiger partial charge is 0.257 e. The maximum atomic E-state index is 13.6. The second kappa shape index (κ2) is 6.69. The molecule has 0 fully saturated rings. The molecule has 0 heterocycles. The lowest BCUT2D eigenvalue weighted by molar-refractivity contribution is 0.102. The highest BCUT2D eigenvalue weighted by molar-refractivity contribution is 6.06. The van der Waals surface area contributed by atoms with Gasteiger partial charge in [-0.15, -0.1) is 0 Å². The highest BCUT2D eigenvalue weighted by Crippen LogP contribution is 2.16. The summed E-state index contributed by atoms with van der Waals surface area (Å²) in [6.07, 6.45) is 0. The van der Waals surface area contributed by atoms with Crippen LogP contribution in [0, 0.1) is 24.6 Å². The van der Waals surface area contributed by atoms with Crippen LogP contribution >= 0.6 is 0 Å². The first-order valence-corrected chi connectivity index (χ1v) is 6.47. The van der Waals surface area contributed by atoms with Gasteiger partial charge in [0.05, 0.1) is 17.8 Å². The van der Waals surface area contributed by atoms with Gasteiger partial charge in [0.2, 0.25) is 0 Å². The molecule has 0 spiro atoms. The van der Waals surface area contributed by atoms with E-state index >= 15 is 0 Å². The number of hydrogen-bond acceptors (Lipinski definition) is 2. The topological polar surface area (TPSA) is 55.1 Å². The lowest BCUT2D eigenvalue weighted by Gasteiger charge is -2.08. The second-order valence-corrected chi connectivity index (χ2v) is 4.49. The Balaban J connectivity index is 2.34. The lowest BCUT2D eigenvalue weighted by atomic mass is 10.0. The van der Waals surface area contributed by atoms with Crippen molar-refractivity contribution in [2.75, 3.05) is 11.9 Å².